The van der Waals surface area contributed by atoms with Gasteiger partial charge in [0.1, 0.15) is 5.52 Å². The number of halogens is 3. The van der Waals surface area contributed by atoms with Crippen LogP contribution in [0.4, 0.5) is 13.2 Å². The molecule has 0 saturated carbocycles. The lowest BCUT2D eigenvalue weighted by Crippen LogP contribution is -2.05. The van der Waals surface area contributed by atoms with E-state index in [0.29, 0.717) is 23.2 Å². The lowest BCUT2D eigenvalue weighted by atomic mass is 10.1. The summed E-state index contributed by atoms with van der Waals surface area (Å²) in [6.45, 7) is 2.38. The Labute approximate surface area is 167 Å². The van der Waals surface area contributed by atoms with E-state index in [1.807, 2.05) is 0 Å². The second-order valence-corrected chi connectivity index (χ2v) is 6.29. The van der Waals surface area contributed by atoms with Crippen LogP contribution in [0.25, 0.3) is 22.4 Å². The lowest BCUT2D eigenvalue weighted by molar-refractivity contribution is -0.159. The largest absolute Gasteiger partial charge is 0.471 e. The zero-order valence-corrected chi connectivity index (χ0v) is 15.6. The van der Waals surface area contributed by atoms with Crippen molar-refractivity contribution in [1.82, 2.24) is 25.1 Å². The van der Waals surface area contributed by atoms with Gasteiger partial charge in [0, 0.05) is 5.56 Å². The van der Waals surface area contributed by atoms with Crippen LogP contribution in [0.1, 0.15) is 28.7 Å². The summed E-state index contributed by atoms with van der Waals surface area (Å²) in [5.74, 6) is -1.97. The fourth-order valence-electron chi connectivity index (χ4n) is 2.82. The molecule has 0 bridgehead atoms. The van der Waals surface area contributed by atoms with E-state index >= 15 is 0 Å². The Bertz CT molecular complexity index is 1200. The van der Waals surface area contributed by atoms with Crippen LogP contribution in [0.15, 0.2) is 47.0 Å². The Morgan fingerprint density at radius 2 is 1.93 bits per heavy atom. The van der Waals surface area contributed by atoms with E-state index in [1.54, 1.807) is 54.1 Å². The number of hydrogen-bond acceptors (Lipinski definition) is 7. The van der Waals surface area contributed by atoms with Crippen LogP contribution in [0.3, 0.4) is 0 Å². The van der Waals surface area contributed by atoms with E-state index in [4.69, 9.17) is 4.74 Å². The van der Waals surface area contributed by atoms with Gasteiger partial charge in [-0.15, -0.1) is 5.10 Å². The fourth-order valence-corrected chi connectivity index (χ4v) is 2.82. The van der Waals surface area contributed by atoms with Gasteiger partial charge in [-0.1, -0.05) is 34.6 Å². The van der Waals surface area contributed by atoms with E-state index in [2.05, 4.69) is 25.0 Å². The summed E-state index contributed by atoms with van der Waals surface area (Å²) in [6, 6.07) is 11.6. The Morgan fingerprint density at radius 3 is 2.60 bits per heavy atom. The van der Waals surface area contributed by atoms with Crippen molar-refractivity contribution < 1.29 is 27.2 Å². The smallest absolute Gasteiger partial charge is 0.462 e. The van der Waals surface area contributed by atoms with Gasteiger partial charge in [-0.2, -0.15) is 18.2 Å². The van der Waals surface area contributed by atoms with Gasteiger partial charge in [-0.25, -0.2) is 9.48 Å². The summed E-state index contributed by atoms with van der Waals surface area (Å²) in [5, 5.41) is 11.5. The van der Waals surface area contributed by atoms with E-state index in [9.17, 15) is 18.0 Å². The molecule has 0 aliphatic rings. The van der Waals surface area contributed by atoms with Gasteiger partial charge >= 0.3 is 18.0 Å². The van der Waals surface area contributed by atoms with Crippen LogP contribution in [0.2, 0.25) is 0 Å². The van der Waals surface area contributed by atoms with Crippen molar-refractivity contribution in [2.24, 2.45) is 0 Å². The Kier molecular flexibility index (Phi) is 4.94. The molecule has 0 spiro atoms. The summed E-state index contributed by atoms with van der Waals surface area (Å²) in [7, 11) is 0. The highest BCUT2D eigenvalue weighted by Gasteiger charge is 2.38. The average Bonchev–Trinajstić information content (AvgIpc) is 3.36. The van der Waals surface area contributed by atoms with E-state index < -0.39 is 18.0 Å². The first kappa shape index (κ1) is 19.6. The summed E-state index contributed by atoms with van der Waals surface area (Å²) in [5.41, 5.74) is 2.88. The predicted molar refractivity (Wildman–Crippen MR) is 97.3 cm³/mol. The van der Waals surface area contributed by atoms with Crippen molar-refractivity contribution in [3.8, 4) is 11.4 Å². The van der Waals surface area contributed by atoms with Crippen molar-refractivity contribution in [2.75, 3.05) is 6.61 Å². The number of rotatable bonds is 5. The number of benzene rings is 2. The number of esters is 1. The molecule has 2 aromatic carbocycles. The summed E-state index contributed by atoms with van der Waals surface area (Å²) >= 11 is 0. The molecule has 11 heteroatoms. The third-order valence-corrected chi connectivity index (χ3v) is 4.24. The maximum absolute atomic E-state index is 12.6. The van der Waals surface area contributed by atoms with Gasteiger partial charge < -0.3 is 9.26 Å². The minimum atomic E-state index is -4.69. The molecular formula is C19H14F3N5O3. The summed E-state index contributed by atoms with van der Waals surface area (Å²) in [4.78, 5) is 15.2. The van der Waals surface area contributed by atoms with Crippen molar-refractivity contribution in [1.29, 1.82) is 0 Å². The minimum Gasteiger partial charge on any atom is -0.462 e. The Morgan fingerprint density at radius 1 is 1.17 bits per heavy atom. The Balaban J connectivity index is 1.53. The highest BCUT2D eigenvalue weighted by molar-refractivity contribution is 5.93. The normalized spacial score (nSPS) is 11.7. The van der Waals surface area contributed by atoms with Crippen LogP contribution in [0, 0.1) is 0 Å². The molecule has 0 N–H and O–H groups in total. The molecule has 0 amide bonds. The number of alkyl halides is 3. The van der Waals surface area contributed by atoms with Crippen molar-refractivity contribution in [3.63, 3.8) is 0 Å². The zero-order chi connectivity index (χ0) is 21.3. The molecule has 0 radical (unpaired) electrons. The fraction of sp³-hybridized carbons (Fsp3) is 0.211. The van der Waals surface area contributed by atoms with E-state index in [0.717, 1.165) is 11.1 Å². The van der Waals surface area contributed by atoms with E-state index in [1.165, 1.54) is 0 Å². The predicted octanol–water partition coefficient (Wildman–Crippen LogP) is 3.73. The monoisotopic (exact) mass is 417 g/mol. The molecule has 8 nitrogen and oxygen atoms in total. The first-order chi connectivity index (χ1) is 14.3. The summed E-state index contributed by atoms with van der Waals surface area (Å²) < 4.78 is 48.6. The first-order valence-electron chi connectivity index (χ1n) is 8.85. The third-order valence-electron chi connectivity index (χ3n) is 4.24. The molecule has 0 aliphatic heterocycles. The van der Waals surface area contributed by atoms with Crippen LogP contribution >= 0.6 is 0 Å². The van der Waals surface area contributed by atoms with Gasteiger partial charge in [-0.3, -0.25) is 0 Å². The third kappa shape index (κ3) is 3.86. The molecule has 0 fully saturated rings. The molecule has 30 heavy (non-hydrogen) atoms. The van der Waals surface area contributed by atoms with Crippen LogP contribution in [-0.2, 0) is 17.5 Å². The lowest BCUT2D eigenvalue weighted by Gasteiger charge is -2.04. The number of nitrogens with zero attached hydrogens (tertiary/aromatic N) is 5. The molecule has 0 saturated heterocycles. The first-order valence-corrected chi connectivity index (χ1v) is 8.85. The highest BCUT2D eigenvalue weighted by atomic mass is 19.4. The van der Waals surface area contributed by atoms with Crippen molar-refractivity contribution in [3.05, 3.63) is 59.5 Å². The van der Waals surface area contributed by atoms with Gasteiger partial charge in [0.15, 0.2) is 0 Å². The van der Waals surface area contributed by atoms with Crippen LogP contribution < -0.4 is 0 Å². The minimum absolute atomic E-state index is 0.147. The van der Waals surface area contributed by atoms with Gasteiger partial charge in [0.05, 0.1) is 24.2 Å². The highest BCUT2D eigenvalue weighted by Crippen LogP contribution is 2.29. The van der Waals surface area contributed by atoms with Gasteiger partial charge in [-0.05, 0) is 30.7 Å². The van der Waals surface area contributed by atoms with Crippen LogP contribution in [-0.4, -0.2) is 37.7 Å². The van der Waals surface area contributed by atoms with Crippen LogP contribution in [0.5, 0.6) is 0 Å². The van der Waals surface area contributed by atoms with Crippen molar-refractivity contribution >= 4 is 17.0 Å². The standard InChI is InChI=1S/C19H14F3N5O3/c1-2-29-17(28)13-7-8-15-14(9-13)24-26-27(15)10-11-3-5-12(6-4-11)16-23-18(30-25-16)19(20,21)22/h3-9H,2,10H2,1H3. The molecule has 4 aromatic rings. The zero-order valence-electron chi connectivity index (χ0n) is 15.6. The second-order valence-electron chi connectivity index (χ2n) is 6.29. The van der Waals surface area contributed by atoms with Crippen molar-refractivity contribution in [2.45, 2.75) is 19.6 Å². The topological polar surface area (TPSA) is 95.9 Å². The van der Waals surface area contributed by atoms with Gasteiger partial charge in [0.2, 0.25) is 5.82 Å². The second kappa shape index (κ2) is 7.58. The molecule has 4 rings (SSSR count). The maximum atomic E-state index is 12.6. The number of aromatic nitrogens is 5. The number of fused-ring (bicyclic) bond motifs is 1. The quantitative estimate of drug-likeness (QED) is 0.457. The number of hydrogen-bond donors (Lipinski definition) is 0. The van der Waals surface area contributed by atoms with E-state index in [-0.39, 0.29) is 12.4 Å². The number of carbonyl (C=O) groups excluding carboxylic acids is 1. The molecule has 2 heterocycles. The molecule has 0 atom stereocenters. The molecular weight excluding hydrogens is 403 g/mol. The molecule has 0 unspecified atom stereocenters. The molecule has 2 aromatic heterocycles. The Hall–Kier alpha value is -3.76. The summed E-state index contributed by atoms with van der Waals surface area (Å²) in [6.07, 6.45) is -4.69. The SMILES string of the molecule is CCOC(=O)c1ccc2c(c1)nnn2Cc1ccc(-c2noc(C(F)(F)F)n2)cc1. The number of carbonyl (C=O) groups is 1. The molecule has 0 aliphatic carbocycles. The molecule has 154 valence electrons. The maximum Gasteiger partial charge on any atom is 0.471 e. The number of ether oxygens (including phenoxy) is 1. The average molecular weight is 417 g/mol. The van der Waals surface area contributed by atoms with Gasteiger partial charge in [0.25, 0.3) is 0 Å².